The van der Waals surface area contributed by atoms with Crippen molar-refractivity contribution >= 4 is 41.0 Å². The molecule has 0 unspecified atom stereocenters. The maximum atomic E-state index is 12.5. The molecule has 134 valence electrons. The zero-order valence-corrected chi connectivity index (χ0v) is 15.5. The van der Waals surface area contributed by atoms with Gasteiger partial charge in [0.15, 0.2) is 11.7 Å². The van der Waals surface area contributed by atoms with Crippen molar-refractivity contribution < 1.29 is 9.53 Å². The van der Waals surface area contributed by atoms with Crippen LogP contribution in [-0.4, -0.2) is 29.4 Å². The molecule has 1 heterocycles. The Morgan fingerprint density at radius 1 is 1.00 bits per heavy atom. The first-order chi connectivity index (χ1) is 12.6. The SMILES string of the molecule is CCCOC(=O)N1NC(c2ccc(Cl)cc2)=NN=C1c1ccc(Cl)cc1. The van der Waals surface area contributed by atoms with Crippen LogP contribution in [0.1, 0.15) is 24.5 Å². The van der Waals surface area contributed by atoms with Gasteiger partial charge in [0.2, 0.25) is 0 Å². The van der Waals surface area contributed by atoms with Gasteiger partial charge in [0.25, 0.3) is 0 Å². The third kappa shape index (κ3) is 4.15. The van der Waals surface area contributed by atoms with E-state index in [1.807, 2.05) is 6.92 Å². The topological polar surface area (TPSA) is 66.3 Å². The third-order valence-corrected chi connectivity index (χ3v) is 4.01. The van der Waals surface area contributed by atoms with Crippen molar-refractivity contribution in [3.63, 3.8) is 0 Å². The highest BCUT2D eigenvalue weighted by molar-refractivity contribution is 6.31. The summed E-state index contributed by atoms with van der Waals surface area (Å²) in [4.78, 5) is 12.5. The Morgan fingerprint density at radius 3 is 2.15 bits per heavy atom. The molecular weight excluding hydrogens is 375 g/mol. The Labute approximate surface area is 161 Å². The number of nitrogens with one attached hydrogen (secondary N) is 1. The summed E-state index contributed by atoms with van der Waals surface area (Å²) in [5.41, 5.74) is 4.38. The molecule has 1 aliphatic heterocycles. The largest absolute Gasteiger partial charge is 0.448 e. The van der Waals surface area contributed by atoms with E-state index < -0.39 is 6.09 Å². The molecule has 0 fully saturated rings. The van der Waals surface area contributed by atoms with Crippen LogP contribution in [0.5, 0.6) is 0 Å². The van der Waals surface area contributed by atoms with E-state index in [0.29, 0.717) is 40.3 Å². The maximum absolute atomic E-state index is 12.5. The lowest BCUT2D eigenvalue weighted by Gasteiger charge is -2.27. The van der Waals surface area contributed by atoms with Crippen molar-refractivity contribution in [2.75, 3.05) is 6.61 Å². The van der Waals surface area contributed by atoms with Crippen LogP contribution >= 0.6 is 23.2 Å². The molecule has 0 saturated carbocycles. The second-order valence-corrected chi connectivity index (χ2v) is 6.32. The summed E-state index contributed by atoms with van der Waals surface area (Å²) in [7, 11) is 0. The smallest absolute Gasteiger partial charge is 0.435 e. The lowest BCUT2D eigenvalue weighted by atomic mass is 10.2. The summed E-state index contributed by atoms with van der Waals surface area (Å²) in [6.07, 6.45) is 0.146. The molecule has 1 N–H and O–H groups in total. The van der Waals surface area contributed by atoms with Crippen LogP contribution in [0.15, 0.2) is 58.7 Å². The van der Waals surface area contributed by atoms with E-state index in [9.17, 15) is 4.79 Å². The van der Waals surface area contributed by atoms with Gasteiger partial charge in [0.1, 0.15) is 0 Å². The average Bonchev–Trinajstić information content (AvgIpc) is 2.67. The van der Waals surface area contributed by atoms with Crippen LogP contribution in [0.2, 0.25) is 10.0 Å². The second kappa shape index (κ2) is 8.21. The lowest BCUT2D eigenvalue weighted by Crippen LogP contribution is -2.52. The number of carbonyl (C=O) groups excluding carboxylic acids is 1. The van der Waals surface area contributed by atoms with E-state index in [0.717, 1.165) is 5.56 Å². The van der Waals surface area contributed by atoms with Crippen molar-refractivity contribution in [1.29, 1.82) is 0 Å². The van der Waals surface area contributed by atoms with Gasteiger partial charge in [-0.1, -0.05) is 30.1 Å². The lowest BCUT2D eigenvalue weighted by molar-refractivity contribution is 0.116. The molecule has 0 atom stereocenters. The molecule has 0 saturated heterocycles. The summed E-state index contributed by atoms with van der Waals surface area (Å²) in [5.74, 6) is 0.730. The third-order valence-electron chi connectivity index (χ3n) is 3.51. The molecule has 0 radical (unpaired) electrons. The molecule has 0 bridgehead atoms. The molecule has 8 heteroatoms. The first kappa shape index (κ1) is 18.2. The van der Waals surface area contributed by atoms with Crippen LogP contribution in [0.3, 0.4) is 0 Å². The van der Waals surface area contributed by atoms with E-state index in [1.54, 1.807) is 48.5 Å². The standard InChI is InChI=1S/C18H16Cl2N4O2/c1-2-11-26-18(25)24-17(13-5-9-15(20)10-6-13)22-21-16(23-24)12-3-7-14(19)8-4-12/h3-10H,2,11H2,1H3,(H,21,23). The van der Waals surface area contributed by atoms with Gasteiger partial charge < -0.3 is 4.74 Å². The molecule has 3 rings (SSSR count). The van der Waals surface area contributed by atoms with E-state index in [1.165, 1.54) is 5.01 Å². The van der Waals surface area contributed by atoms with E-state index >= 15 is 0 Å². The van der Waals surface area contributed by atoms with Gasteiger partial charge in [-0.05, 0) is 55.0 Å². The molecule has 6 nitrogen and oxygen atoms in total. The Balaban J connectivity index is 1.95. The predicted octanol–water partition coefficient (Wildman–Crippen LogP) is 4.47. The second-order valence-electron chi connectivity index (χ2n) is 5.45. The average molecular weight is 391 g/mol. The Bertz CT molecular complexity index is 848. The molecule has 1 aliphatic rings. The van der Waals surface area contributed by atoms with Crippen molar-refractivity contribution in [1.82, 2.24) is 10.4 Å². The van der Waals surface area contributed by atoms with E-state index in [4.69, 9.17) is 27.9 Å². The van der Waals surface area contributed by atoms with Crippen LogP contribution < -0.4 is 5.43 Å². The summed E-state index contributed by atoms with van der Waals surface area (Å²) in [6, 6.07) is 14.0. The van der Waals surface area contributed by atoms with Crippen molar-refractivity contribution in [3.8, 4) is 0 Å². The fraction of sp³-hybridized carbons (Fsp3) is 0.167. The first-order valence-corrected chi connectivity index (χ1v) is 8.75. The van der Waals surface area contributed by atoms with Crippen LogP contribution in [0, 0.1) is 0 Å². The summed E-state index contributed by atoms with van der Waals surface area (Å²) >= 11 is 11.9. The number of carbonyl (C=O) groups is 1. The Kier molecular flexibility index (Phi) is 5.75. The van der Waals surface area contributed by atoms with Crippen LogP contribution in [0.4, 0.5) is 4.79 Å². The number of nitrogens with zero attached hydrogens (tertiary/aromatic N) is 3. The van der Waals surface area contributed by atoms with Gasteiger partial charge >= 0.3 is 6.09 Å². The van der Waals surface area contributed by atoms with Crippen molar-refractivity contribution in [2.24, 2.45) is 10.2 Å². The number of halogens is 2. The minimum Gasteiger partial charge on any atom is -0.448 e. The number of hydrazine groups is 1. The number of ether oxygens (including phenoxy) is 1. The Hall–Kier alpha value is -2.57. The highest BCUT2D eigenvalue weighted by Gasteiger charge is 2.27. The van der Waals surface area contributed by atoms with Gasteiger partial charge in [0.05, 0.1) is 6.61 Å². The molecule has 2 aromatic carbocycles. The molecule has 26 heavy (non-hydrogen) atoms. The predicted molar refractivity (Wildman–Crippen MR) is 103 cm³/mol. The van der Waals surface area contributed by atoms with Crippen LogP contribution in [-0.2, 0) is 4.74 Å². The van der Waals surface area contributed by atoms with Gasteiger partial charge in [-0.15, -0.1) is 10.2 Å². The van der Waals surface area contributed by atoms with Crippen molar-refractivity contribution in [2.45, 2.75) is 13.3 Å². The van der Waals surface area contributed by atoms with Crippen molar-refractivity contribution in [3.05, 3.63) is 69.7 Å². The van der Waals surface area contributed by atoms with Gasteiger partial charge in [0, 0.05) is 21.2 Å². The monoisotopic (exact) mass is 390 g/mol. The quantitative estimate of drug-likeness (QED) is 0.837. The zero-order chi connectivity index (χ0) is 18.5. The number of rotatable bonds is 4. The molecule has 0 aliphatic carbocycles. The van der Waals surface area contributed by atoms with E-state index in [-0.39, 0.29) is 0 Å². The summed E-state index contributed by atoms with van der Waals surface area (Å²) in [6.45, 7) is 2.23. The zero-order valence-electron chi connectivity index (χ0n) is 13.9. The first-order valence-electron chi connectivity index (χ1n) is 7.99. The molecule has 0 aromatic heterocycles. The number of hydrogen-bond acceptors (Lipinski definition) is 5. The van der Waals surface area contributed by atoms with Crippen LogP contribution in [0.25, 0.3) is 0 Å². The van der Waals surface area contributed by atoms with Gasteiger partial charge in [-0.2, -0.15) is 5.01 Å². The number of benzene rings is 2. The number of amides is 1. The molecule has 0 spiro atoms. The molecular formula is C18H16Cl2N4O2. The fourth-order valence-electron chi connectivity index (χ4n) is 2.23. The van der Waals surface area contributed by atoms with Gasteiger partial charge in [-0.25, -0.2) is 4.79 Å². The number of hydrogen-bond donors (Lipinski definition) is 1. The van der Waals surface area contributed by atoms with E-state index in [2.05, 4.69) is 15.6 Å². The molecule has 2 aromatic rings. The summed E-state index contributed by atoms with van der Waals surface area (Å²) < 4.78 is 5.25. The fourth-order valence-corrected chi connectivity index (χ4v) is 2.48. The minimum atomic E-state index is -0.568. The van der Waals surface area contributed by atoms with Gasteiger partial charge in [-0.3, -0.25) is 5.43 Å². The summed E-state index contributed by atoms with van der Waals surface area (Å²) in [5, 5.41) is 10.8. The minimum absolute atomic E-state index is 0.304. The maximum Gasteiger partial charge on any atom is 0.435 e. The highest BCUT2D eigenvalue weighted by Crippen LogP contribution is 2.16. The molecule has 1 amide bonds. The number of amidine groups is 2. The Morgan fingerprint density at radius 2 is 1.58 bits per heavy atom. The normalized spacial score (nSPS) is 13.6. The highest BCUT2D eigenvalue weighted by atomic mass is 35.5.